The molecule has 1 unspecified atom stereocenters. The molecule has 10 heteroatoms. The molecule has 2 aromatic carbocycles. The maximum Gasteiger partial charge on any atom is 0.411 e. The van der Waals surface area contributed by atoms with E-state index in [1.54, 1.807) is 26.4 Å². The topological polar surface area (TPSA) is 102 Å². The molecular weight excluding hydrogens is 500 g/mol. The Morgan fingerprint density at radius 2 is 1.82 bits per heavy atom. The van der Waals surface area contributed by atoms with Crippen LogP contribution in [0.3, 0.4) is 0 Å². The molecule has 1 saturated heterocycles. The molecule has 0 aromatic heterocycles. The van der Waals surface area contributed by atoms with Crippen molar-refractivity contribution < 1.29 is 28.5 Å². The number of anilines is 1. The average Bonchev–Trinajstić information content (AvgIpc) is 2.97. The molecule has 0 radical (unpaired) electrons. The maximum atomic E-state index is 12.9. The molecule has 39 heavy (non-hydrogen) atoms. The zero-order valence-electron chi connectivity index (χ0n) is 23.0. The number of carbonyl (C=O) groups is 2. The number of amides is 2. The lowest BCUT2D eigenvalue weighted by molar-refractivity contribution is -0.133. The molecule has 1 atom stereocenters. The second-order valence-corrected chi connectivity index (χ2v) is 9.58. The summed E-state index contributed by atoms with van der Waals surface area (Å²) in [7, 11) is 3.20. The summed E-state index contributed by atoms with van der Waals surface area (Å²) in [6.07, 6.45) is 1.49. The second kappa shape index (κ2) is 14.0. The van der Waals surface area contributed by atoms with Gasteiger partial charge in [0.25, 0.3) is 0 Å². The monoisotopic (exact) mass is 538 g/mol. The molecule has 10 nitrogen and oxygen atoms in total. The summed E-state index contributed by atoms with van der Waals surface area (Å²) in [5.41, 5.74) is 3.29. The van der Waals surface area contributed by atoms with Gasteiger partial charge in [-0.1, -0.05) is 19.1 Å². The molecule has 210 valence electrons. The first-order valence-corrected chi connectivity index (χ1v) is 13.4. The van der Waals surface area contributed by atoms with Crippen LogP contribution >= 0.6 is 0 Å². The zero-order valence-corrected chi connectivity index (χ0v) is 23.0. The summed E-state index contributed by atoms with van der Waals surface area (Å²) < 4.78 is 21.5. The highest BCUT2D eigenvalue weighted by Crippen LogP contribution is 2.31. The Labute approximate surface area is 229 Å². The van der Waals surface area contributed by atoms with Crippen LogP contribution in [-0.2, 0) is 20.8 Å². The SMILES string of the molecule is CCC1CC(=O)N(Cc2ccc(NC(=O)OCCCN3CCOCC3)cc2)N=C1c1ccc(OC)c(OC)c1. The fourth-order valence-corrected chi connectivity index (χ4v) is 4.73. The Morgan fingerprint density at radius 1 is 1.08 bits per heavy atom. The molecule has 0 spiro atoms. The fraction of sp³-hybridized carbons (Fsp3) is 0.483. The second-order valence-electron chi connectivity index (χ2n) is 9.58. The van der Waals surface area contributed by atoms with Gasteiger partial charge in [0.15, 0.2) is 11.5 Å². The number of ether oxygens (including phenoxy) is 4. The molecule has 1 fully saturated rings. The number of methoxy groups -OCH3 is 2. The number of hydrogen-bond donors (Lipinski definition) is 1. The molecule has 2 aliphatic rings. The van der Waals surface area contributed by atoms with Crippen LogP contribution in [0.25, 0.3) is 0 Å². The van der Waals surface area contributed by atoms with Crippen molar-refractivity contribution >= 4 is 23.4 Å². The van der Waals surface area contributed by atoms with Crippen LogP contribution in [0, 0.1) is 5.92 Å². The normalized spacial score (nSPS) is 17.9. The van der Waals surface area contributed by atoms with Gasteiger partial charge in [0.2, 0.25) is 5.91 Å². The van der Waals surface area contributed by atoms with E-state index in [9.17, 15) is 9.59 Å². The summed E-state index contributed by atoms with van der Waals surface area (Å²) in [4.78, 5) is 27.4. The third-order valence-corrected chi connectivity index (χ3v) is 6.98. The highest BCUT2D eigenvalue weighted by Gasteiger charge is 2.29. The molecule has 1 N–H and O–H groups in total. The van der Waals surface area contributed by atoms with E-state index in [-0.39, 0.29) is 11.8 Å². The van der Waals surface area contributed by atoms with Crippen molar-refractivity contribution in [1.29, 1.82) is 0 Å². The fourth-order valence-electron chi connectivity index (χ4n) is 4.73. The van der Waals surface area contributed by atoms with Gasteiger partial charge in [0.1, 0.15) is 0 Å². The minimum Gasteiger partial charge on any atom is -0.493 e. The largest absolute Gasteiger partial charge is 0.493 e. The van der Waals surface area contributed by atoms with Gasteiger partial charge >= 0.3 is 6.09 Å². The predicted octanol–water partition coefficient (Wildman–Crippen LogP) is 4.14. The first kappa shape index (κ1) is 28.4. The number of morpholine rings is 1. The van der Waals surface area contributed by atoms with E-state index in [4.69, 9.17) is 24.0 Å². The van der Waals surface area contributed by atoms with E-state index < -0.39 is 6.09 Å². The van der Waals surface area contributed by atoms with Crippen molar-refractivity contribution in [3.8, 4) is 11.5 Å². The number of hydrogen-bond acceptors (Lipinski definition) is 8. The summed E-state index contributed by atoms with van der Waals surface area (Å²) in [6, 6.07) is 13.0. The molecule has 0 bridgehead atoms. The van der Waals surface area contributed by atoms with Gasteiger partial charge in [0, 0.05) is 43.2 Å². The lowest BCUT2D eigenvalue weighted by Crippen LogP contribution is -2.37. The number of nitrogens with one attached hydrogen (secondary N) is 1. The number of benzene rings is 2. The quantitative estimate of drug-likeness (QED) is 0.429. The van der Waals surface area contributed by atoms with Gasteiger partial charge in [-0.2, -0.15) is 5.10 Å². The van der Waals surface area contributed by atoms with E-state index in [2.05, 4.69) is 17.1 Å². The van der Waals surface area contributed by atoms with Crippen molar-refractivity contribution in [3.63, 3.8) is 0 Å². The lowest BCUT2D eigenvalue weighted by atomic mass is 9.89. The van der Waals surface area contributed by atoms with E-state index >= 15 is 0 Å². The Morgan fingerprint density at radius 3 is 2.51 bits per heavy atom. The van der Waals surface area contributed by atoms with Gasteiger partial charge in [-0.05, 0) is 48.7 Å². The van der Waals surface area contributed by atoms with E-state index in [0.29, 0.717) is 36.8 Å². The van der Waals surface area contributed by atoms with Crippen LogP contribution in [0.4, 0.5) is 10.5 Å². The van der Waals surface area contributed by atoms with Crippen molar-refractivity contribution in [2.75, 3.05) is 59.0 Å². The summed E-state index contributed by atoms with van der Waals surface area (Å²) in [5, 5.41) is 9.04. The Balaban J connectivity index is 1.33. The summed E-state index contributed by atoms with van der Waals surface area (Å²) in [5.74, 6) is 1.27. The molecule has 2 heterocycles. The summed E-state index contributed by atoms with van der Waals surface area (Å²) in [6.45, 7) is 6.99. The molecule has 2 amide bonds. The number of rotatable bonds is 11. The molecule has 2 aliphatic heterocycles. The Kier molecular flexibility index (Phi) is 10.2. The van der Waals surface area contributed by atoms with Crippen molar-refractivity contribution in [1.82, 2.24) is 9.91 Å². The molecule has 0 saturated carbocycles. The highest BCUT2D eigenvalue weighted by molar-refractivity contribution is 6.06. The minimum absolute atomic E-state index is 0.0195. The van der Waals surface area contributed by atoms with Crippen molar-refractivity contribution in [2.45, 2.75) is 32.7 Å². The van der Waals surface area contributed by atoms with Gasteiger partial charge in [0.05, 0.1) is 46.3 Å². The highest BCUT2D eigenvalue weighted by atomic mass is 16.5. The third-order valence-electron chi connectivity index (χ3n) is 6.98. The van der Waals surface area contributed by atoms with Crippen molar-refractivity contribution in [3.05, 3.63) is 53.6 Å². The van der Waals surface area contributed by atoms with E-state index in [0.717, 1.165) is 62.5 Å². The predicted molar refractivity (Wildman–Crippen MR) is 148 cm³/mol. The Bertz CT molecular complexity index is 1150. The first-order valence-electron chi connectivity index (χ1n) is 13.4. The van der Waals surface area contributed by atoms with Crippen LogP contribution < -0.4 is 14.8 Å². The lowest BCUT2D eigenvalue weighted by Gasteiger charge is -2.29. The van der Waals surface area contributed by atoms with E-state index in [1.165, 1.54) is 5.01 Å². The number of nitrogens with zero attached hydrogens (tertiary/aromatic N) is 3. The number of hydrazone groups is 1. The van der Waals surface area contributed by atoms with Crippen LogP contribution in [0.5, 0.6) is 11.5 Å². The smallest absolute Gasteiger partial charge is 0.411 e. The average molecular weight is 539 g/mol. The standard InChI is InChI=1S/C29H38N4O6/c1-4-22-19-27(34)33(31-28(22)23-8-11-25(36-2)26(18-23)37-3)20-21-6-9-24(10-7-21)30-29(35)39-15-5-12-32-13-16-38-17-14-32/h6-11,18,22H,4-5,12-17,19-20H2,1-3H3,(H,30,35). The van der Waals surface area contributed by atoms with Crippen LogP contribution in [0.2, 0.25) is 0 Å². The molecular formula is C29H38N4O6. The maximum absolute atomic E-state index is 12.9. The first-order chi connectivity index (χ1) is 19.0. The third kappa shape index (κ3) is 7.70. The van der Waals surface area contributed by atoms with Gasteiger partial charge in [-0.25, -0.2) is 9.80 Å². The minimum atomic E-state index is -0.481. The molecule has 0 aliphatic carbocycles. The van der Waals surface area contributed by atoms with Gasteiger partial charge < -0.3 is 18.9 Å². The number of carbonyl (C=O) groups excluding carboxylic acids is 2. The van der Waals surface area contributed by atoms with Gasteiger partial charge in [-0.15, -0.1) is 0 Å². The zero-order chi connectivity index (χ0) is 27.6. The molecule has 2 aromatic rings. The van der Waals surface area contributed by atoms with Crippen LogP contribution in [0.15, 0.2) is 47.6 Å². The van der Waals surface area contributed by atoms with Crippen molar-refractivity contribution in [2.24, 2.45) is 11.0 Å². The van der Waals surface area contributed by atoms with Crippen LogP contribution in [-0.4, -0.2) is 81.3 Å². The van der Waals surface area contributed by atoms with Crippen LogP contribution in [0.1, 0.15) is 37.3 Å². The Hall–Kier alpha value is -3.63. The van der Waals surface area contributed by atoms with E-state index in [1.807, 2.05) is 30.3 Å². The van der Waals surface area contributed by atoms with Gasteiger partial charge in [-0.3, -0.25) is 15.0 Å². The summed E-state index contributed by atoms with van der Waals surface area (Å²) >= 11 is 0. The molecule has 4 rings (SSSR count).